The minimum absolute atomic E-state index is 0.335. The highest BCUT2D eigenvalue weighted by molar-refractivity contribution is 8.07. The van der Waals surface area contributed by atoms with Gasteiger partial charge in [0.1, 0.15) is 26.2 Å². The quantitative estimate of drug-likeness (QED) is 0.101. The van der Waals surface area contributed by atoms with Crippen LogP contribution >= 0.6 is 11.8 Å². The molecule has 0 saturated carbocycles. The fourth-order valence-electron chi connectivity index (χ4n) is 3.08. The highest BCUT2D eigenvalue weighted by atomic mass is 32.2. The van der Waals surface area contributed by atoms with Gasteiger partial charge in [-0.1, -0.05) is 68.2 Å². The van der Waals surface area contributed by atoms with E-state index in [1.165, 1.54) is 6.92 Å². The number of hydrogen-bond acceptors (Lipinski definition) is 5. The number of anilines is 1. The van der Waals surface area contributed by atoms with Crippen molar-refractivity contribution in [2.24, 2.45) is 0 Å². The van der Waals surface area contributed by atoms with Crippen molar-refractivity contribution in [1.82, 2.24) is 0 Å². The monoisotopic (exact) mass is 519 g/mol. The number of esters is 1. The second kappa shape index (κ2) is 14.4. The number of ether oxygens (including phenoxy) is 2. The van der Waals surface area contributed by atoms with E-state index in [1.807, 2.05) is 19.1 Å². The molecule has 0 aromatic heterocycles. The van der Waals surface area contributed by atoms with Crippen LogP contribution in [0.15, 0.2) is 77.1 Å². The third-order valence-corrected chi connectivity index (χ3v) is 6.71. The number of likely N-dealkylation sites (N-methyl/N-ethyl adjacent to an activating group) is 1. The molecule has 6 heteroatoms. The number of nitrogens with zero attached hydrogens (tertiary/aromatic N) is 1. The average molecular weight is 520 g/mol. The molecular formula is C30H37NO3SSi. The lowest BCUT2D eigenvalue weighted by Gasteiger charge is -2.23. The van der Waals surface area contributed by atoms with Crippen molar-refractivity contribution in [2.75, 3.05) is 24.6 Å². The van der Waals surface area contributed by atoms with E-state index >= 15 is 0 Å². The lowest BCUT2D eigenvalue weighted by molar-refractivity contribution is -0.131. The maximum absolute atomic E-state index is 11.0. The Hall–Kier alpha value is -3.14. The standard InChI is InChI=1S/C30H37NO3SSi/c1-8-30(20-23-36(5,6)7)35-24(3)10-11-26-12-14-27(15-13-26)31(9-2)21-22-33-28-16-18-29(19-17-28)34-25(4)32/h8,10-19H,3,9,21-22H2,1-2,4-7H3/b11-10+,30-8-. The SMILES string of the molecule is C=C(/C=C/c1ccc(N(CC)CCOc2ccc(OC(C)=O)cc2)cc1)S/C(C#C[Si](C)(C)C)=C\C. The normalized spacial score (nSPS) is 11.6. The lowest BCUT2D eigenvalue weighted by Crippen LogP contribution is -2.27. The van der Waals surface area contributed by atoms with Gasteiger partial charge in [0, 0.05) is 24.1 Å². The van der Waals surface area contributed by atoms with Crippen LogP contribution < -0.4 is 14.4 Å². The first-order valence-electron chi connectivity index (χ1n) is 12.1. The van der Waals surface area contributed by atoms with Crippen molar-refractivity contribution in [2.45, 2.75) is 40.4 Å². The Kier molecular flexibility index (Phi) is 11.7. The summed E-state index contributed by atoms with van der Waals surface area (Å²) >= 11 is 1.61. The van der Waals surface area contributed by atoms with Crippen molar-refractivity contribution in [3.05, 3.63) is 82.6 Å². The van der Waals surface area contributed by atoms with E-state index in [2.05, 4.69) is 79.8 Å². The van der Waals surface area contributed by atoms with Crippen LogP contribution in [0.5, 0.6) is 11.5 Å². The highest BCUT2D eigenvalue weighted by Crippen LogP contribution is 2.26. The summed E-state index contributed by atoms with van der Waals surface area (Å²) in [7, 11) is -1.40. The van der Waals surface area contributed by atoms with Crippen LogP contribution in [0.1, 0.15) is 26.3 Å². The molecular weight excluding hydrogens is 482 g/mol. The number of carbonyl (C=O) groups excluding carboxylic acids is 1. The predicted molar refractivity (Wildman–Crippen MR) is 158 cm³/mol. The maximum Gasteiger partial charge on any atom is 0.308 e. The fraction of sp³-hybridized carbons (Fsp3) is 0.300. The molecule has 0 amide bonds. The molecule has 190 valence electrons. The third-order valence-electron chi connectivity index (χ3n) is 4.88. The lowest BCUT2D eigenvalue weighted by atomic mass is 10.2. The van der Waals surface area contributed by atoms with E-state index in [-0.39, 0.29) is 5.97 Å². The minimum Gasteiger partial charge on any atom is -0.492 e. The van der Waals surface area contributed by atoms with Gasteiger partial charge in [0.2, 0.25) is 0 Å². The van der Waals surface area contributed by atoms with Gasteiger partial charge in [-0.2, -0.15) is 0 Å². The number of benzene rings is 2. The van der Waals surface area contributed by atoms with Gasteiger partial charge in [-0.15, -0.1) is 5.54 Å². The largest absolute Gasteiger partial charge is 0.492 e. The van der Waals surface area contributed by atoms with Crippen LogP contribution in [-0.4, -0.2) is 33.7 Å². The number of thioether (sulfide) groups is 1. The average Bonchev–Trinajstić information content (AvgIpc) is 2.83. The summed E-state index contributed by atoms with van der Waals surface area (Å²) in [6.45, 7) is 18.6. The maximum atomic E-state index is 11.0. The number of allylic oxidation sites excluding steroid dienone is 3. The van der Waals surface area contributed by atoms with Crippen LogP contribution in [0.25, 0.3) is 6.08 Å². The summed E-state index contributed by atoms with van der Waals surface area (Å²) in [4.78, 5) is 15.3. The van der Waals surface area contributed by atoms with Crippen LogP contribution in [-0.2, 0) is 4.79 Å². The molecule has 36 heavy (non-hydrogen) atoms. The van der Waals surface area contributed by atoms with Crippen LogP contribution in [0.2, 0.25) is 19.6 Å². The molecule has 2 aromatic carbocycles. The van der Waals surface area contributed by atoms with Gasteiger partial charge in [-0.25, -0.2) is 0 Å². The predicted octanol–water partition coefficient (Wildman–Crippen LogP) is 7.56. The third kappa shape index (κ3) is 11.1. The Bertz CT molecular complexity index is 1130. The van der Waals surface area contributed by atoms with E-state index in [1.54, 1.807) is 36.0 Å². The van der Waals surface area contributed by atoms with Gasteiger partial charge in [0.15, 0.2) is 0 Å². The Morgan fingerprint density at radius 3 is 2.28 bits per heavy atom. The summed E-state index contributed by atoms with van der Waals surface area (Å²) in [6, 6.07) is 15.6. The van der Waals surface area contributed by atoms with E-state index in [9.17, 15) is 4.79 Å². The fourth-order valence-corrected chi connectivity index (χ4v) is 4.32. The van der Waals surface area contributed by atoms with E-state index in [4.69, 9.17) is 9.47 Å². The zero-order valence-corrected chi connectivity index (χ0v) is 24.1. The number of carbonyl (C=O) groups is 1. The molecule has 0 fully saturated rings. The van der Waals surface area contributed by atoms with Gasteiger partial charge in [-0.3, -0.25) is 4.79 Å². The van der Waals surface area contributed by atoms with Crippen molar-refractivity contribution in [3.63, 3.8) is 0 Å². The molecule has 0 heterocycles. The van der Waals surface area contributed by atoms with Gasteiger partial charge in [0.05, 0.1) is 11.4 Å². The van der Waals surface area contributed by atoms with Gasteiger partial charge in [-0.05, 0) is 61.9 Å². The van der Waals surface area contributed by atoms with Crippen LogP contribution in [0.4, 0.5) is 5.69 Å². The summed E-state index contributed by atoms with van der Waals surface area (Å²) < 4.78 is 10.9. The molecule has 0 spiro atoms. The second-order valence-corrected chi connectivity index (χ2v) is 15.1. The molecule has 0 saturated heterocycles. The second-order valence-electron chi connectivity index (χ2n) is 9.14. The van der Waals surface area contributed by atoms with Gasteiger partial charge < -0.3 is 14.4 Å². The van der Waals surface area contributed by atoms with Gasteiger partial charge >= 0.3 is 5.97 Å². The molecule has 0 aliphatic carbocycles. The molecule has 0 bridgehead atoms. The molecule has 0 atom stereocenters. The van der Waals surface area contributed by atoms with E-state index in [0.29, 0.717) is 12.4 Å². The first kappa shape index (κ1) is 29.1. The molecule has 2 rings (SSSR count). The van der Waals surface area contributed by atoms with Crippen molar-refractivity contribution >= 4 is 37.6 Å². The van der Waals surface area contributed by atoms with Gasteiger partial charge in [0.25, 0.3) is 0 Å². The zero-order valence-electron chi connectivity index (χ0n) is 22.3. The molecule has 0 aliphatic heterocycles. The number of rotatable bonds is 11. The summed E-state index contributed by atoms with van der Waals surface area (Å²) in [6.07, 6.45) is 6.17. The van der Waals surface area contributed by atoms with E-state index in [0.717, 1.165) is 39.9 Å². The summed E-state index contributed by atoms with van der Waals surface area (Å²) in [5.74, 6) is 4.23. The van der Waals surface area contributed by atoms with Crippen LogP contribution in [0, 0.1) is 11.5 Å². The molecule has 0 unspecified atom stereocenters. The minimum atomic E-state index is -1.40. The van der Waals surface area contributed by atoms with Crippen molar-refractivity contribution in [1.29, 1.82) is 0 Å². The first-order valence-corrected chi connectivity index (χ1v) is 16.4. The molecule has 4 nitrogen and oxygen atoms in total. The first-order chi connectivity index (χ1) is 17.1. The molecule has 0 aliphatic rings. The van der Waals surface area contributed by atoms with E-state index < -0.39 is 8.07 Å². The Morgan fingerprint density at radius 2 is 1.72 bits per heavy atom. The van der Waals surface area contributed by atoms with Crippen molar-refractivity contribution < 1.29 is 14.3 Å². The molecule has 0 radical (unpaired) electrons. The zero-order chi connectivity index (χ0) is 26.6. The van der Waals surface area contributed by atoms with Crippen molar-refractivity contribution in [3.8, 4) is 23.0 Å². The Labute approximate surface area is 222 Å². The Morgan fingerprint density at radius 1 is 1.08 bits per heavy atom. The molecule has 0 N–H and O–H groups in total. The summed E-state index contributed by atoms with van der Waals surface area (Å²) in [5, 5.41) is 0. The summed E-state index contributed by atoms with van der Waals surface area (Å²) in [5.41, 5.74) is 5.68. The Balaban J connectivity index is 1.88. The highest BCUT2D eigenvalue weighted by Gasteiger charge is 2.08. The van der Waals surface area contributed by atoms with Crippen LogP contribution in [0.3, 0.4) is 0 Å². The smallest absolute Gasteiger partial charge is 0.308 e. The number of hydrogen-bond donors (Lipinski definition) is 0. The topological polar surface area (TPSA) is 38.8 Å². The molecule has 2 aromatic rings.